The summed E-state index contributed by atoms with van der Waals surface area (Å²) in [7, 11) is -2.90. The van der Waals surface area contributed by atoms with Gasteiger partial charge in [0.2, 0.25) is 5.91 Å². The molecular formula is C24H30N4O4S. The van der Waals surface area contributed by atoms with Crippen LogP contribution in [-0.4, -0.2) is 77.7 Å². The molecule has 0 saturated carbocycles. The van der Waals surface area contributed by atoms with Crippen molar-refractivity contribution in [3.05, 3.63) is 53.7 Å². The van der Waals surface area contributed by atoms with Crippen LogP contribution in [0.15, 0.2) is 42.5 Å². The van der Waals surface area contributed by atoms with Gasteiger partial charge in [0.1, 0.15) is 6.54 Å². The molecule has 0 N–H and O–H groups in total. The van der Waals surface area contributed by atoms with Crippen LogP contribution in [0.25, 0.3) is 11.3 Å². The highest BCUT2D eigenvalue weighted by molar-refractivity contribution is 7.91. The summed E-state index contributed by atoms with van der Waals surface area (Å²) in [6, 6.07) is 13.5. The molecule has 1 aromatic carbocycles. The van der Waals surface area contributed by atoms with E-state index < -0.39 is 9.84 Å². The first-order valence-electron chi connectivity index (χ1n) is 11.3. The molecule has 0 atom stereocenters. The Kier molecular flexibility index (Phi) is 6.81. The van der Waals surface area contributed by atoms with Gasteiger partial charge in [-0.25, -0.2) is 13.2 Å². The molecule has 0 unspecified atom stereocenters. The zero-order valence-corrected chi connectivity index (χ0v) is 19.9. The van der Waals surface area contributed by atoms with E-state index in [-0.39, 0.29) is 35.9 Å². The second-order valence-corrected chi connectivity index (χ2v) is 11.5. The normalized spacial score (nSPS) is 19.0. The van der Waals surface area contributed by atoms with E-state index in [0.29, 0.717) is 32.7 Å². The number of sulfone groups is 1. The van der Waals surface area contributed by atoms with E-state index in [1.54, 1.807) is 4.90 Å². The molecule has 176 valence electrons. The van der Waals surface area contributed by atoms with Gasteiger partial charge in [-0.05, 0) is 23.6 Å². The lowest BCUT2D eigenvalue weighted by atomic mass is 10.1. The zero-order valence-electron chi connectivity index (χ0n) is 19.1. The minimum atomic E-state index is -2.90. The molecule has 8 nitrogen and oxygen atoms in total. The summed E-state index contributed by atoms with van der Waals surface area (Å²) in [5.41, 5.74) is 3.67. The Morgan fingerprint density at radius 1 is 0.970 bits per heavy atom. The van der Waals surface area contributed by atoms with E-state index >= 15 is 0 Å². The topological polar surface area (TPSA) is 90.9 Å². The van der Waals surface area contributed by atoms with E-state index in [9.17, 15) is 18.0 Å². The standard InChI is InChI=1S/C24H30N4O4S/c1-18(2)14-28-23(29)17-27(24(28)30)15-19-6-8-20(9-7-19)22-5-3-4-21(25-22)16-26-10-12-33(31,32)13-11-26/h3-9,18H,10-17H2,1-2H3. The number of carbonyl (C=O) groups excluding carboxylic acids is 2. The third-order valence-corrected chi connectivity index (χ3v) is 7.54. The smallest absolute Gasteiger partial charge is 0.311 e. The molecule has 33 heavy (non-hydrogen) atoms. The Morgan fingerprint density at radius 3 is 2.33 bits per heavy atom. The van der Waals surface area contributed by atoms with Crippen molar-refractivity contribution in [2.75, 3.05) is 37.7 Å². The Balaban J connectivity index is 1.39. The van der Waals surface area contributed by atoms with Gasteiger partial charge >= 0.3 is 6.03 Å². The van der Waals surface area contributed by atoms with Gasteiger partial charge in [-0.2, -0.15) is 0 Å². The molecule has 2 fully saturated rings. The van der Waals surface area contributed by atoms with Crippen molar-refractivity contribution >= 4 is 21.8 Å². The molecule has 0 spiro atoms. The molecule has 1 aromatic heterocycles. The van der Waals surface area contributed by atoms with E-state index in [2.05, 4.69) is 4.90 Å². The number of hydrogen-bond donors (Lipinski definition) is 0. The average Bonchev–Trinajstić information content (AvgIpc) is 3.03. The van der Waals surface area contributed by atoms with Gasteiger partial charge in [0, 0.05) is 38.3 Å². The fraction of sp³-hybridized carbons (Fsp3) is 0.458. The molecule has 2 aromatic rings. The second kappa shape index (κ2) is 9.61. The molecule has 3 heterocycles. The number of amides is 3. The lowest BCUT2D eigenvalue weighted by Crippen LogP contribution is -2.39. The van der Waals surface area contributed by atoms with E-state index in [4.69, 9.17) is 4.98 Å². The maximum atomic E-state index is 12.6. The Morgan fingerprint density at radius 2 is 1.67 bits per heavy atom. The molecule has 9 heteroatoms. The summed E-state index contributed by atoms with van der Waals surface area (Å²) in [5, 5.41) is 0. The largest absolute Gasteiger partial charge is 0.327 e. The number of imide groups is 1. The predicted octanol–water partition coefficient (Wildman–Crippen LogP) is 2.40. The highest BCUT2D eigenvalue weighted by Crippen LogP contribution is 2.21. The maximum Gasteiger partial charge on any atom is 0.327 e. The third kappa shape index (κ3) is 5.78. The number of hydrogen-bond acceptors (Lipinski definition) is 6. The number of urea groups is 1. The number of nitrogens with zero attached hydrogens (tertiary/aromatic N) is 4. The molecule has 4 rings (SSSR count). The van der Waals surface area contributed by atoms with Crippen LogP contribution in [0, 0.1) is 5.92 Å². The van der Waals surface area contributed by atoms with Gasteiger partial charge in [0.25, 0.3) is 0 Å². The molecule has 2 aliphatic heterocycles. The Hall–Kier alpha value is -2.78. The molecule has 2 aliphatic rings. The SMILES string of the molecule is CC(C)CN1C(=O)CN(Cc2ccc(-c3cccc(CN4CCS(=O)(=O)CC4)n3)cc2)C1=O. The lowest BCUT2D eigenvalue weighted by Gasteiger charge is -2.26. The number of rotatable bonds is 7. The van der Waals surface area contributed by atoms with Gasteiger partial charge in [-0.15, -0.1) is 0 Å². The number of benzene rings is 1. The van der Waals surface area contributed by atoms with Gasteiger partial charge in [0.05, 0.1) is 22.9 Å². The van der Waals surface area contributed by atoms with Crippen LogP contribution < -0.4 is 0 Å². The third-order valence-electron chi connectivity index (χ3n) is 5.93. The molecule has 0 aliphatic carbocycles. The van der Waals surface area contributed by atoms with Crippen molar-refractivity contribution in [1.29, 1.82) is 0 Å². The minimum Gasteiger partial charge on any atom is -0.311 e. The van der Waals surface area contributed by atoms with Gasteiger partial charge in [-0.1, -0.05) is 44.2 Å². The van der Waals surface area contributed by atoms with Crippen LogP contribution in [0.3, 0.4) is 0 Å². The summed E-state index contributed by atoms with van der Waals surface area (Å²) >= 11 is 0. The highest BCUT2D eigenvalue weighted by Gasteiger charge is 2.35. The van der Waals surface area contributed by atoms with E-state index in [1.807, 2.05) is 56.3 Å². The van der Waals surface area contributed by atoms with Crippen molar-refractivity contribution in [3.63, 3.8) is 0 Å². The molecule has 0 bridgehead atoms. The number of pyridine rings is 1. The minimum absolute atomic E-state index is 0.120. The monoisotopic (exact) mass is 470 g/mol. The Bertz CT molecular complexity index is 1120. The summed E-state index contributed by atoms with van der Waals surface area (Å²) in [6.45, 7) is 6.63. The first kappa shape index (κ1) is 23.4. The summed E-state index contributed by atoms with van der Waals surface area (Å²) in [6.07, 6.45) is 0. The quantitative estimate of drug-likeness (QED) is 0.577. The average molecular weight is 471 g/mol. The zero-order chi connectivity index (χ0) is 23.6. The van der Waals surface area contributed by atoms with Crippen molar-refractivity contribution in [3.8, 4) is 11.3 Å². The van der Waals surface area contributed by atoms with Crippen molar-refractivity contribution < 1.29 is 18.0 Å². The molecule has 3 amide bonds. The van der Waals surface area contributed by atoms with Crippen LogP contribution in [0.2, 0.25) is 0 Å². The fourth-order valence-electron chi connectivity index (χ4n) is 4.13. The van der Waals surface area contributed by atoms with Crippen molar-refractivity contribution in [2.24, 2.45) is 5.92 Å². The number of aromatic nitrogens is 1. The van der Waals surface area contributed by atoms with Gasteiger partial charge < -0.3 is 4.90 Å². The lowest BCUT2D eigenvalue weighted by molar-refractivity contribution is -0.125. The predicted molar refractivity (Wildman–Crippen MR) is 126 cm³/mol. The van der Waals surface area contributed by atoms with Crippen LogP contribution in [0.5, 0.6) is 0 Å². The highest BCUT2D eigenvalue weighted by atomic mass is 32.2. The van der Waals surface area contributed by atoms with Crippen molar-refractivity contribution in [2.45, 2.75) is 26.9 Å². The number of carbonyl (C=O) groups is 2. The van der Waals surface area contributed by atoms with E-state index in [0.717, 1.165) is 22.5 Å². The summed E-state index contributed by atoms with van der Waals surface area (Å²) < 4.78 is 23.3. The first-order valence-corrected chi connectivity index (χ1v) is 13.1. The van der Waals surface area contributed by atoms with Crippen LogP contribution in [0.4, 0.5) is 4.79 Å². The first-order chi connectivity index (χ1) is 15.7. The van der Waals surface area contributed by atoms with Crippen LogP contribution >= 0.6 is 0 Å². The Labute approximate surface area is 195 Å². The molecule has 2 saturated heterocycles. The van der Waals surface area contributed by atoms with Crippen LogP contribution in [-0.2, 0) is 27.7 Å². The molecule has 0 radical (unpaired) electrons. The van der Waals surface area contributed by atoms with Crippen LogP contribution in [0.1, 0.15) is 25.1 Å². The van der Waals surface area contributed by atoms with Gasteiger partial charge in [-0.3, -0.25) is 19.6 Å². The fourth-order valence-corrected chi connectivity index (χ4v) is 5.41. The molecular weight excluding hydrogens is 440 g/mol. The summed E-state index contributed by atoms with van der Waals surface area (Å²) in [4.78, 5) is 34.6. The second-order valence-electron chi connectivity index (χ2n) is 9.18. The van der Waals surface area contributed by atoms with Crippen molar-refractivity contribution in [1.82, 2.24) is 19.7 Å². The summed E-state index contributed by atoms with van der Waals surface area (Å²) in [5.74, 6) is 0.504. The maximum absolute atomic E-state index is 12.6. The van der Waals surface area contributed by atoms with Gasteiger partial charge in [0.15, 0.2) is 9.84 Å². The van der Waals surface area contributed by atoms with E-state index in [1.165, 1.54) is 4.90 Å².